The quantitative estimate of drug-likeness (QED) is 0.838. The Balaban J connectivity index is 1.82. The van der Waals surface area contributed by atoms with Crippen molar-refractivity contribution in [3.63, 3.8) is 0 Å². The molecule has 0 radical (unpaired) electrons. The number of carbonyl (C=O) groups is 1. The van der Waals surface area contributed by atoms with Crippen LogP contribution in [0.5, 0.6) is 0 Å². The summed E-state index contributed by atoms with van der Waals surface area (Å²) in [6.45, 7) is 1.31. The molecular formula is C13H19N7O2S. The van der Waals surface area contributed by atoms with E-state index in [-0.39, 0.29) is 18.3 Å². The van der Waals surface area contributed by atoms with Gasteiger partial charge in [0.15, 0.2) is 0 Å². The maximum absolute atomic E-state index is 11.2. The number of rotatable bonds is 5. The topological polar surface area (TPSA) is 100 Å². The molecule has 1 aliphatic rings. The van der Waals surface area contributed by atoms with Crippen molar-refractivity contribution in [3.8, 4) is 0 Å². The number of carboxylic acid groups (broad SMARTS) is 1. The van der Waals surface area contributed by atoms with Crippen molar-refractivity contribution in [2.45, 2.75) is 12.3 Å². The summed E-state index contributed by atoms with van der Waals surface area (Å²) < 4.78 is 5.96. The van der Waals surface area contributed by atoms with Crippen molar-refractivity contribution in [3.05, 3.63) is 11.9 Å². The summed E-state index contributed by atoms with van der Waals surface area (Å²) in [5.41, 5.74) is 0.832. The van der Waals surface area contributed by atoms with E-state index in [2.05, 4.69) is 24.6 Å². The number of aromatic nitrogens is 5. The van der Waals surface area contributed by atoms with Gasteiger partial charge in [0.05, 0.1) is 12.1 Å². The molecule has 2 aromatic rings. The highest BCUT2D eigenvalue weighted by Crippen LogP contribution is 2.37. The molecule has 3 rings (SSSR count). The molecule has 124 valence electrons. The van der Waals surface area contributed by atoms with E-state index in [1.807, 2.05) is 32.2 Å². The predicted octanol–water partition coefficient (Wildman–Crippen LogP) is 0.427. The Morgan fingerprint density at radius 1 is 1.48 bits per heavy atom. The fraction of sp³-hybridized carbons (Fsp3) is 0.615. The van der Waals surface area contributed by atoms with Gasteiger partial charge in [-0.3, -0.25) is 9.48 Å². The van der Waals surface area contributed by atoms with Gasteiger partial charge in [-0.05, 0) is 5.92 Å². The molecule has 9 nitrogen and oxygen atoms in total. The van der Waals surface area contributed by atoms with Crippen LogP contribution >= 0.6 is 11.5 Å². The van der Waals surface area contributed by atoms with Gasteiger partial charge in [-0.25, -0.2) is 0 Å². The minimum Gasteiger partial charge on any atom is -0.481 e. The number of carboxylic acids is 1. The molecule has 1 saturated heterocycles. The van der Waals surface area contributed by atoms with E-state index in [0.717, 1.165) is 10.8 Å². The van der Waals surface area contributed by atoms with Crippen LogP contribution < -0.4 is 9.80 Å². The van der Waals surface area contributed by atoms with E-state index in [9.17, 15) is 9.90 Å². The second-order valence-electron chi connectivity index (χ2n) is 5.96. The molecule has 0 aliphatic carbocycles. The minimum absolute atomic E-state index is 0.0177. The lowest BCUT2D eigenvalue weighted by atomic mass is 9.91. The fourth-order valence-electron chi connectivity index (χ4n) is 2.85. The number of aliphatic carboxylic acids is 1. The standard InChI is InChI=1S/C13H19N7O2S/c1-18(2)12-14-13(23-16-12)20-5-8(4-11(21)22)9(6-20)10-7-19(3)17-15-10/h7-9H,4-6H2,1-3H3,(H,21,22)/t8-,9+/m1/s1. The molecule has 1 aliphatic heterocycles. The van der Waals surface area contributed by atoms with Crippen molar-refractivity contribution < 1.29 is 9.90 Å². The van der Waals surface area contributed by atoms with Crippen LogP contribution in [0.15, 0.2) is 6.20 Å². The first kappa shape index (κ1) is 15.7. The zero-order valence-corrected chi connectivity index (χ0v) is 14.1. The molecule has 0 aromatic carbocycles. The Bertz CT molecular complexity index is 698. The molecule has 0 spiro atoms. The summed E-state index contributed by atoms with van der Waals surface area (Å²) in [5, 5.41) is 18.1. The molecule has 0 amide bonds. The van der Waals surface area contributed by atoms with Crippen molar-refractivity contribution in [2.75, 3.05) is 37.0 Å². The van der Waals surface area contributed by atoms with Gasteiger partial charge in [-0.2, -0.15) is 9.36 Å². The molecule has 10 heteroatoms. The molecule has 0 bridgehead atoms. The second-order valence-corrected chi connectivity index (χ2v) is 6.69. The lowest BCUT2D eigenvalue weighted by Gasteiger charge is -2.13. The lowest BCUT2D eigenvalue weighted by Crippen LogP contribution is -2.20. The highest BCUT2D eigenvalue weighted by atomic mass is 32.1. The number of nitrogens with zero attached hydrogens (tertiary/aromatic N) is 7. The van der Waals surface area contributed by atoms with Crippen LogP contribution in [-0.2, 0) is 11.8 Å². The Morgan fingerprint density at radius 2 is 2.26 bits per heavy atom. The van der Waals surface area contributed by atoms with Crippen molar-refractivity contribution in [1.29, 1.82) is 0 Å². The predicted molar refractivity (Wildman–Crippen MR) is 85.9 cm³/mol. The van der Waals surface area contributed by atoms with E-state index < -0.39 is 5.97 Å². The third kappa shape index (κ3) is 3.26. The summed E-state index contributed by atoms with van der Waals surface area (Å²) in [5.74, 6) is -0.109. The van der Waals surface area contributed by atoms with E-state index in [0.29, 0.717) is 19.0 Å². The van der Waals surface area contributed by atoms with E-state index in [1.54, 1.807) is 4.68 Å². The Morgan fingerprint density at radius 3 is 2.83 bits per heavy atom. The maximum Gasteiger partial charge on any atom is 0.303 e. The third-order valence-electron chi connectivity index (χ3n) is 3.95. The highest BCUT2D eigenvalue weighted by molar-refractivity contribution is 7.09. The Labute approximate surface area is 137 Å². The maximum atomic E-state index is 11.2. The van der Waals surface area contributed by atoms with Gasteiger partial charge in [0.25, 0.3) is 0 Å². The van der Waals surface area contributed by atoms with Crippen LogP contribution in [0.2, 0.25) is 0 Å². The Kier molecular flexibility index (Phi) is 4.16. The third-order valence-corrected chi connectivity index (χ3v) is 4.72. The van der Waals surface area contributed by atoms with E-state index >= 15 is 0 Å². The average molecular weight is 337 g/mol. The van der Waals surface area contributed by atoms with Crippen LogP contribution in [0, 0.1) is 5.92 Å². The van der Waals surface area contributed by atoms with Crippen molar-refractivity contribution >= 4 is 28.6 Å². The first-order valence-corrected chi connectivity index (χ1v) is 8.05. The zero-order valence-electron chi connectivity index (χ0n) is 13.2. The molecule has 1 fully saturated rings. The fourth-order valence-corrected chi connectivity index (χ4v) is 3.60. The molecule has 1 N–H and O–H groups in total. The van der Waals surface area contributed by atoms with Crippen molar-refractivity contribution in [1.82, 2.24) is 24.4 Å². The molecule has 0 unspecified atom stereocenters. The molecule has 2 atom stereocenters. The zero-order chi connectivity index (χ0) is 16.6. The molecule has 2 aromatic heterocycles. The first-order valence-electron chi connectivity index (χ1n) is 7.28. The van der Waals surface area contributed by atoms with Gasteiger partial charge in [-0.1, -0.05) is 5.21 Å². The monoisotopic (exact) mass is 337 g/mol. The lowest BCUT2D eigenvalue weighted by molar-refractivity contribution is -0.138. The summed E-state index contributed by atoms with van der Waals surface area (Å²) >= 11 is 1.33. The number of anilines is 2. The van der Waals surface area contributed by atoms with Crippen LogP contribution in [0.4, 0.5) is 11.1 Å². The molecule has 0 saturated carbocycles. The van der Waals surface area contributed by atoms with Gasteiger partial charge >= 0.3 is 5.97 Å². The van der Waals surface area contributed by atoms with E-state index in [4.69, 9.17) is 0 Å². The normalized spacial score (nSPS) is 20.9. The largest absolute Gasteiger partial charge is 0.481 e. The number of aryl methyl sites for hydroxylation is 1. The summed E-state index contributed by atoms with van der Waals surface area (Å²) in [6.07, 6.45) is 1.96. The molecule has 23 heavy (non-hydrogen) atoms. The van der Waals surface area contributed by atoms with Gasteiger partial charge in [0.1, 0.15) is 0 Å². The molecular weight excluding hydrogens is 318 g/mol. The van der Waals surface area contributed by atoms with Gasteiger partial charge in [-0.15, -0.1) is 5.10 Å². The highest BCUT2D eigenvalue weighted by Gasteiger charge is 2.38. The number of hydrogen-bond acceptors (Lipinski definition) is 8. The van der Waals surface area contributed by atoms with Gasteiger partial charge in [0, 0.05) is 57.9 Å². The first-order chi connectivity index (χ1) is 10.9. The Hall–Kier alpha value is -2.23. The van der Waals surface area contributed by atoms with E-state index in [1.165, 1.54) is 11.5 Å². The van der Waals surface area contributed by atoms with Crippen LogP contribution in [0.1, 0.15) is 18.0 Å². The second kappa shape index (κ2) is 6.11. The van der Waals surface area contributed by atoms with Gasteiger partial charge in [0.2, 0.25) is 11.1 Å². The van der Waals surface area contributed by atoms with Crippen LogP contribution in [-0.4, -0.2) is 62.6 Å². The average Bonchev–Trinajstić information content (AvgIpc) is 3.16. The summed E-state index contributed by atoms with van der Waals surface area (Å²) in [4.78, 5) is 19.6. The van der Waals surface area contributed by atoms with Crippen LogP contribution in [0.25, 0.3) is 0 Å². The summed E-state index contributed by atoms with van der Waals surface area (Å²) in [7, 11) is 5.60. The van der Waals surface area contributed by atoms with Crippen LogP contribution in [0.3, 0.4) is 0 Å². The minimum atomic E-state index is -0.794. The summed E-state index contributed by atoms with van der Waals surface area (Å²) in [6, 6.07) is 0. The van der Waals surface area contributed by atoms with Crippen molar-refractivity contribution in [2.24, 2.45) is 13.0 Å². The number of hydrogen-bond donors (Lipinski definition) is 1. The molecule has 3 heterocycles. The SMILES string of the molecule is CN(C)c1nsc(N2C[C@@H](CC(=O)O)[C@@H](c3cn(C)nn3)C2)n1. The smallest absolute Gasteiger partial charge is 0.303 e. The van der Waals surface area contributed by atoms with Gasteiger partial charge < -0.3 is 14.9 Å².